The van der Waals surface area contributed by atoms with Gasteiger partial charge in [-0.3, -0.25) is 9.59 Å². The van der Waals surface area contributed by atoms with Crippen LogP contribution < -0.4 is 19.7 Å². The van der Waals surface area contributed by atoms with Crippen LogP contribution in [0.4, 0.5) is 0 Å². The number of aromatic carboxylic acids is 2. The van der Waals surface area contributed by atoms with Crippen molar-refractivity contribution in [2.75, 3.05) is 0 Å². The maximum Gasteiger partial charge on any atom is 2.00 e. The van der Waals surface area contributed by atoms with Crippen molar-refractivity contribution in [2.24, 2.45) is 0 Å². The normalized spacial score (nSPS) is 9.48. The van der Waals surface area contributed by atoms with Gasteiger partial charge in [-0.25, -0.2) is 0 Å². The molecule has 0 saturated carbocycles. The summed E-state index contributed by atoms with van der Waals surface area (Å²) >= 11 is 7.77. The summed E-state index contributed by atoms with van der Waals surface area (Å²) in [5.74, 6) is -3.74. The average molecular weight is 925 g/mol. The van der Waals surface area contributed by atoms with Gasteiger partial charge in [0.1, 0.15) is 0 Å². The van der Waals surface area contributed by atoms with Crippen molar-refractivity contribution in [2.45, 2.75) is 13.8 Å². The number of rotatable bonds is 4. The second-order valence-electron chi connectivity index (χ2n) is 5.29. The Bertz CT molecular complexity index is 945. The summed E-state index contributed by atoms with van der Waals surface area (Å²) in [5.41, 5.74) is -0.219. The van der Waals surface area contributed by atoms with Crippen LogP contribution in [0.2, 0.25) is 0 Å². The molecule has 0 spiro atoms. The molecule has 0 heterocycles. The molecular weight excluding hydrogens is 915 g/mol. The number of carboxylic acids is 2. The largest absolute Gasteiger partial charge is 2.00 e. The Balaban J connectivity index is 0.000000562. The van der Waals surface area contributed by atoms with Crippen molar-refractivity contribution in [1.82, 2.24) is 0 Å². The standard InChI is InChI=1S/2C9H6I2O4.Cu/c2*1-4(12)15-8-6(9(13)14)2-5(10)3-7(8)11;/h2*2-3H,1H3,(H,13,14);/q;;+2/p-2. The molecule has 0 bridgehead atoms. The minimum atomic E-state index is -1.36. The van der Waals surface area contributed by atoms with E-state index in [0.717, 1.165) is 7.14 Å². The zero-order valence-corrected chi connectivity index (χ0v) is 25.0. The number of hydrogen-bond acceptors (Lipinski definition) is 8. The van der Waals surface area contributed by atoms with Crippen LogP contribution in [-0.4, -0.2) is 23.9 Å². The maximum absolute atomic E-state index is 10.8. The summed E-state index contributed by atoms with van der Waals surface area (Å²) < 4.78 is 12.3. The van der Waals surface area contributed by atoms with E-state index in [1.165, 1.54) is 26.0 Å². The summed E-state index contributed by atoms with van der Waals surface area (Å²) in [5, 5.41) is 21.6. The Morgan fingerprint density at radius 3 is 1.19 bits per heavy atom. The molecule has 0 unspecified atom stereocenters. The maximum atomic E-state index is 10.8. The minimum Gasteiger partial charge on any atom is -0.545 e. The Morgan fingerprint density at radius 2 is 0.968 bits per heavy atom. The first-order valence-electron chi connectivity index (χ1n) is 7.61. The van der Waals surface area contributed by atoms with Crippen molar-refractivity contribution >= 4 is 114 Å². The number of esters is 2. The molecule has 2 aromatic rings. The van der Waals surface area contributed by atoms with Gasteiger partial charge >= 0.3 is 29.0 Å². The van der Waals surface area contributed by atoms with Gasteiger partial charge in [-0.1, -0.05) is 0 Å². The van der Waals surface area contributed by atoms with Gasteiger partial charge in [0.15, 0.2) is 11.5 Å². The fourth-order valence-corrected chi connectivity index (χ4v) is 5.83. The van der Waals surface area contributed by atoms with Gasteiger partial charge in [0.05, 0.1) is 19.1 Å². The van der Waals surface area contributed by atoms with Crippen LogP contribution in [0.1, 0.15) is 34.6 Å². The molecular formula is C18H10CuI4O8. The van der Waals surface area contributed by atoms with Crippen LogP contribution in [0.25, 0.3) is 0 Å². The minimum absolute atomic E-state index is 0. The quantitative estimate of drug-likeness (QED) is 0.198. The third-order valence-electron chi connectivity index (χ3n) is 2.95. The number of carbonyl (C=O) groups excluding carboxylic acids is 4. The zero-order chi connectivity index (χ0) is 23.2. The number of carboxylic acid groups (broad SMARTS) is 2. The third-order valence-corrected chi connectivity index (χ3v) is 5.80. The first-order valence-corrected chi connectivity index (χ1v) is 11.9. The predicted octanol–water partition coefficient (Wildman–Crippen LogP) is 2.37. The number of benzene rings is 2. The second kappa shape index (κ2) is 14.1. The average Bonchev–Trinajstić information content (AvgIpc) is 2.58. The van der Waals surface area contributed by atoms with Crippen molar-refractivity contribution < 1.29 is 55.9 Å². The molecule has 0 amide bonds. The Morgan fingerprint density at radius 1 is 0.677 bits per heavy atom. The Labute approximate surface area is 242 Å². The molecule has 0 atom stereocenters. The van der Waals surface area contributed by atoms with Gasteiger partial charge in [0.2, 0.25) is 0 Å². The molecule has 0 aliphatic carbocycles. The van der Waals surface area contributed by atoms with Crippen molar-refractivity contribution in [3.63, 3.8) is 0 Å². The van der Waals surface area contributed by atoms with E-state index in [-0.39, 0.29) is 39.7 Å². The molecule has 2 rings (SSSR count). The van der Waals surface area contributed by atoms with E-state index in [9.17, 15) is 29.4 Å². The first kappa shape index (κ1) is 30.8. The van der Waals surface area contributed by atoms with Gasteiger partial charge in [-0.15, -0.1) is 0 Å². The topological polar surface area (TPSA) is 133 Å². The molecule has 0 fully saturated rings. The molecule has 2 aromatic carbocycles. The molecule has 31 heavy (non-hydrogen) atoms. The van der Waals surface area contributed by atoms with E-state index < -0.39 is 23.9 Å². The summed E-state index contributed by atoms with van der Waals surface area (Å²) in [6, 6.07) is 6.23. The van der Waals surface area contributed by atoms with E-state index in [1.54, 1.807) is 12.1 Å². The van der Waals surface area contributed by atoms with Gasteiger partial charge in [-0.05, 0) is 115 Å². The van der Waals surface area contributed by atoms with Crippen molar-refractivity contribution in [1.29, 1.82) is 0 Å². The van der Waals surface area contributed by atoms with Gasteiger partial charge in [0, 0.05) is 32.1 Å². The van der Waals surface area contributed by atoms with Gasteiger partial charge in [0.25, 0.3) is 0 Å². The third kappa shape index (κ3) is 10.1. The Kier molecular flexibility index (Phi) is 14.0. The summed E-state index contributed by atoms with van der Waals surface area (Å²) in [4.78, 5) is 43.2. The second-order valence-corrected chi connectivity index (χ2v) is 10.1. The van der Waals surface area contributed by atoms with Crippen LogP contribution in [0.3, 0.4) is 0 Å². The molecule has 8 nitrogen and oxygen atoms in total. The van der Waals surface area contributed by atoms with Crippen LogP contribution >= 0.6 is 90.4 Å². The fraction of sp³-hybridized carbons (Fsp3) is 0.111. The molecule has 0 aliphatic heterocycles. The van der Waals surface area contributed by atoms with Crippen molar-refractivity contribution in [3.05, 3.63) is 49.7 Å². The molecule has 13 heteroatoms. The van der Waals surface area contributed by atoms with E-state index in [2.05, 4.69) is 0 Å². The SMILES string of the molecule is CC(=O)Oc1c(I)cc(I)cc1C(=O)[O-].CC(=O)Oc1c(I)cc(I)cc1C(=O)[O-].[Cu+2]. The van der Waals surface area contributed by atoms with Gasteiger partial charge in [-0.2, -0.15) is 0 Å². The van der Waals surface area contributed by atoms with E-state index in [1.807, 2.05) is 90.4 Å². The van der Waals surface area contributed by atoms with Gasteiger partial charge < -0.3 is 29.3 Å². The number of carbonyl (C=O) groups is 4. The zero-order valence-electron chi connectivity index (χ0n) is 15.4. The smallest absolute Gasteiger partial charge is 0.545 e. The predicted molar refractivity (Wildman–Crippen MR) is 135 cm³/mol. The molecule has 0 aromatic heterocycles. The summed E-state index contributed by atoms with van der Waals surface area (Å²) in [7, 11) is 0. The number of ether oxygens (including phenoxy) is 2. The summed E-state index contributed by atoms with van der Waals surface area (Å²) in [6.07, 6.45) is 0. The molecule has 0 saturated heterocycles. The number of halogens is 4. The van der Waals surface area contributed by atoms with E-state index in [4.69, 9.17) is 9.47 Å². The van der Waals surface area contributed by atoms with Crippen LogP contribution in [0.5, 0.6) is 11.5 Å². The molecule has 0 N–H and O–H groups in total. The van der Waals surface area contributed by atoms with Crippen LogP contribution in [-0.2, 0) is 26.7 Å². The summed E-state index contributed by atoms with van der Waals surface area (Å²) in [6.45, 7) is 2.43. The fourth-order valence-electron chi connectivity index (χ4n) is 1.92. The van der Waals surface area contributed by atoms with Crippen LogP contribution in [0.15, 0.2) is 24.3 Å². The molecule has 169 valence electrons. The monoisotopic (exact) mass is 925 g/mol. The first-order chi connectivity index (χ1) is 13.8. The molecule has 1 radical (unpaired) electrons. The van der Waals surface area contributed by atoms with E-state index >= 15 is 0 Å². The van der Waals surface area contributed by atoms with E-state index in [0.29, 0.717) is 7.14 Å². The van der Waals surface area contributed by atoms with Crippen LogP contribution in [0, 0.1) is 14.3 Å². The molecule has 0 aliphatic rings. The number of hydrogen-bond donors (Lipinski definition) is 0. The van der Waals surface area contributed by atoms with Crippen molar-refractivity contribution in [3.8, 4) is 11.5 Å². The Hall–Kier alpha value is -0.241.